The molecule has 2 aromatic carbocycles. The molecule has 0 aliphatic carbocycles. The topological polar surface area (TPSA) is 73.2 Å². The predicted octanol–water partition coefficient (Wildman–Crippen LogP) is 3.55. The lowest BCUT2D eigenvalue weighted by Crippen LogP contribution is -2.15. The smallest absolute Gasteiger partial charge is 0.338 e. The summed E-state index contributed by atoms with van der Waals surface area (Å²) in [7, 11) is 0. The summed E-state index contributed by atoms with van der Waals surface area (Å²) in [6.07, 6.45) is 2.14. The largest absolute Gasteiger partial charge is 0.462 e. The van der Waals surface area contributed by atoms with Crippen LogP contribution in [0.5, 0.6) is 0 Å². The highest BCUT2D eigenvalue weighted by molar-refractivity contribution is 5.93. The monoisotopic (exact) mass is 351 g/mol. The number of amides is 1. The zero-order valence-corrected chi connectivity index (χ0v) is 14.9. The predicted molar refractivity (Wildman–Crippen MR) is 100 cm³/mol. The van der Waals surface area contributed by atoms with Gasteiger partial charge in [-0.25, -0.2) is 4.79 Å². The van der Waals surface area contributed by atoms with Crippen molar-refractivity contribution in [2.45, 2.75) is 26.8 Å². The van der Waals surface area contributed by atoms with E-state index in [1.54, 1.807) is 31.2 Å². The van der Waals surface area contributed by atoms with E-state index in [9.17, 15) is 9.59 Å². The number of fused-ring (bicyclic) bond motifs is 1. The van der Waals surface area contributed by atoms with Crippen LogP contribution in [0.1, 0.15) is 29.3 Å². The molecule has 0 unspecified atom stereocenters. The van der Waals surface area contributed by atoms with Crippen LogP contribution in [0.15, 0.2) is 48.7 Å². The first-order valence-electron chi connectivity index (χ1n) is 8.56. The van der Waals surface area contributed by atoms with E-state index in [-0.39, 0.29) is 11.9 Å². The molecule has 6 heteroatoms. The second-order valence-electron chi connectivity index (χ2n) is 5.97. The van der Waals surface area contributed by atoms with Crippen LogP contribution in [0.4, 0.5) is 5.69 Å². The molecule has 1 aromatic heterocycles. The molecule has 0 fully saturated rings. The minimum atomic E-state index is -0.369. The fourth-order valence-electron chi connectivity index (χ4n) is 2.76. The molecule has 0 saturated carbocycles. The van der Waals surface area contributed by atoms with E-state index in [2.05, 4.69) is 10.4 Å². The van der Waals surface area contributed by atoms with Gasteiger partial charge in [-0.1, -0.05) is 12.1 Å². The molecule has 0 bridgehead atoms. The summed E-state index contributed by atoms with van der Waals surface area (Å²) in [5.41, 5.74) is 3.30. The lowest BCUT2D eigenvalue weighted by Gasteiger charge is -2.07. The van der Waals surface area contributed by atoms with Crippen molar-refractivity contribution in [1.82, 2.24) is 9.78 Å². The third kappa shape index (κ3) is 3.91. The summed E-state index contributed by atoms with van der Waals surface area (Å²) < 4.78 is 6.78. The number of benzene rings is 2. The molecule has 134 valence electrons. The SMILES string of the molecule is CCOC(=O)c1ccc(NC(=O)CCn2ncc3c(C)cccc32)cc1. The highest BCUT2D eigenvalue weighted by Crippen LogP contribution is 2.18. The first-order chi connectivity index (χ1) is 12.6. The lowest BCUT2D eigenvalue weighted by molar-refractivity contribution is -0.116. The van der Waals surface area contributed by atoms with Gasteiger partial charge < -0.3 is 10.1 Å². The Kier molecular flexibility index (Phi) is 5.31. The first-order valence-corrected chi connectivity index (χ1v) is 8.56. The number of aryl methyl sites for hydroxylation is 2. The average molecular weight is 351 g/mol. The van der Waals surface area contributed by atoms with Crippen molar-refractivity contribution in [1.29, 1.82) is 0 Å². The standard InChI is InChI=1S/C20H21N3O3/c1-3-26-20(25)15-7-9-16(10-8-15)22-19(24)11-12-23-18-6-4-5-14(2)17(18)13-21-23/h4-10,13H,3,11-12H2,1-2H3,(H,22,24). The maximum Gasteiger partial charge on any atom is 0.338 e. The molecule has 3 rings (SSSR count). The Bertz CT molecular complexity index is 929. The van der Waals surface area contributed by atoms with E-state index in [0.717, 1.165) is 10.9 Å². The van der Waals surface area contributed by atoms with Gasteiger partial charge in [0, 0.05) is 17.5 Å². The Morgan fingerprint density at radius 1 is 1.15 bits per heavy atom. The number of ether oxygens (including phenoxy) is 1. The Morgan fingerprint density at radius 2 is 1.92 bits per heavy atom. The van der Waals surface area contributed by atoms with Gasteiger partial charge in [0.15, 0.2) is 0 Å². The summed E-state index contributed by atoms with van der Waals surface area (Å²) in [4.78, 5) is 23.8. The van der Waals surface area contributed by atoms with E-state index < -0.39 is 0 Å². The number of nitrogens with zero attached hydrogens (tertiary/aromatic N) is 2. The molecule has 6 nitrogen and oxygen atoms in total. The molecule has 0 aliphatic rings. The molecular weight excluding hydrogens is 330 g/mol. The lowest BCUT2D eigenvalue weighted by atomic mass is 10.1. The quantitative estimate of drug-likeness (QED) is 0.689. The highest BCUT2D eigenvalue weighted by atomic mass is 16.5. The number of carbonyl (C=O) groups excluding carboxylic acids is 2. The fraction of sp³-hybridized carbons (Fsp3) is 0.250. The molecule has 0 radical (unpaired) electrons. The number of hydrogen-bond acceptors (Lipinski definition) is 4. The summed E-state index contributed by atoms with van der Waals surface area (Å²) in [6.45, 7) is 4.64. The van der Waals surface area contributed by atoms with Gasteiger partial charge in [-0.2, -0.15) is 5.10 Å². The number of nitrogens with one attached hydrogen (secondary N) is 1. The van der Waals surface area contributed by atoms with E-state index >= 15 is 0 Å². The van der Waals surface area contributed by atoms with Gasteiger partial charge in [0.25, 0.3) is 0 Å². The Hall–Kier alpha value is -3.15. The van der Waals surface area contributed by atoms with Crippen LogP contribution < -0.4 is 5.32 Å². The van der Waals surface area contributed by atoms with Crippen molar-refractivity contribution in [2.75, 3.05) is 11.9 Å². The zero-order valence-electron chi connectivity index (χ0n) is 14.9. The van der Waals surface area contributed by atoms with Crippen molar-refractivity contribution in [3.8, 4) is 0 Å². The molecule has 0 saturated heterocycles. The Morgan fingerprint density at radius 3 is 2.65 bits per heavy atom. The summed E-state index contributed by atoms with van der Waals surface area (Å²) in [6, 6.07) is 12.7. The summed E-state index contributed by atoms with van der Waals surface area (Å²) >= 11 is 0. The van der Waals surface area contributed by atoms with Crippen LogP contribution in [-0.4, -0.2) is 28.3 Å². The van der Waals surface area contributed by atoms with Crippen LogP contribution in [0, 0.1) is 6.92 Å². The van der Waals surface area contributed by atoms with Crippen LogP contribution in [0.3, 0.4) is 0 Å². The highest BCUT2D eigenvalue weighted by Gasteiger charge is 2.09. The van der Waals surface area contributed by atoms with Gasteiger partial charge in [-0.3, -0.25) is 9.48 Å². The molecule has 1 N–H and O–H groups in total. The Balaban J connectivity index is 1.58. The first kappa shape index (κ1) is 17.7. The second kappa shape index (κ2) is 7.82. The van der Waals surface area contributed by atoms with E-state index in [0.29, 0.717) is 30.8 Å². The molecule has 0 aliphatic heterocycles. The van der Waals surface area contributed by atoms with Crippen molar-refractivity contribution < 1.29 is 14.3 Å². The number of carbonyl (C=O) groups is 2. The normalized spacial score (nSPS) is 10.7. The third-order valence-electron chi connectivity index (χ3n) is 4.14. The second-order valence-corrected chi connectivity index (χ2v) is 5.97. The van der Waals surface area contributed by atoms with Gasteiger partial charge in [0.05, 0.1) is 30.4 Å². The van der Waals surface area contributed by atoms with Crippen molar-refractivity contribution in [3.63, 3.8) is 0 Å². The average Bonchev–Trinajstić information content (AvgIpc) is 3.05. The maximum atomic E-state index is 12.2. The summed E-state index contributed by atoms with van der Waals surface area (Å²) in [5, 5.41) is 8.30. The fourth-order valence-corrected chi connectivity index (χ4v) is 2.76. The minimum Gasteiger partial charge on any atom is -0.462 e. The van der Waals surface area contributed by atoms with E-state index in [4.69, 9.17) is 4.74 Å². The molecule has 1 amide bonds. The molecular formula is C20H21N3O3. The molecule has 0 atom stereocenters. The molecule has 1 heterocycles. The number of anilines is 1. The number of esters is 1. The van der Waals surface area contributed by atoms with Gasteiger partial charge >= 0.3 is 5.97 Å². The van der Waals surface area contributed by atoms with Crippen LogP contribution in [0.2, 0.25) is 0 Å². The number of rotatable bonds is 6. The van der Waals surface area contributed by atoms with Gasteiger partial charge in [0.2, 0.25) is 5.91 Å². The van der Waals surface area contributed by atoms with E-state index in [1.807, 2.05) is 36.0 Å². The number of aromatic nitrogens is 2. The minimum absolute atomic E-state index is 0.106. The van der Waals surface area contributed by atoms with Crippen LogP contribution in [0.25, 0.3) is 10.9 Å². The molecule has 0 spiro atoms. The summed E-state index contributed by atoms with van der Waals surface area (Å²) in [5.74, 6) is -0.476. The van der Waals surface area contributed by atoms with Gasteiger partial charge in [0.1, 0.15) is 0 Å². The van der Waals surface area contributed by atoms with Gasteiger partial charge in [-0.15, -0.1) is 0 Å². The number of hydrogen-bond donors (Lipinski definition) is 1. The van der Waals surface area contributed by atoms with Crippen LogP contribution in [-0.2, 0) is 16.1 Å². The maximum absolute atomic E-state index is 12.2. The van der Waals surface area contributed by atoms with E-state index in [1.165, 1.54) is 5.56 Å². The zero-order chi connectivity index (χ0) is 18.5. The molecule has 26 heavy (non-hydrogen) atoms. The van der Waals surface area contributed by atoms with Crippen molar-refractivity contribution >= 4 is 28.5 Å². The third-order valence-corrected chi connectivity index (χ3v) is 4.14. The van der Waals surface area contributed by atoms with Crippen molar-refractivity contribution in [3.05, 3.63) is 59.8 Å². The van der Waals surface area contributed by atoms with Crippen molar-refractivity contribution in [2.24, 2.45) is 0 Å². The van der Waals surface area contributed by atoms with Crippen LogP contribution >= 0.6 is 0 Å². The Labute approximate surface area is 151 Å². The van der Waals surface area contributed by atoms with Gasteiger partial charge in [-0.05, 0) is 49.7 Å². The molecule has 3 aromatic rings.